The average molecular weight is 316 g/mol. The van der Waals surface area contributed by atoms with Crippen molar-refractivity contribution >= 4 is 27.5 Å². The summed E-state index contributed by atoms with van der Waals surface area (Å²) >= 11 is 5.91. The maximum Gasteiger partial charge on any atom is 0.245 e. The topological polar surface area (TPSA) is 90.3 Å². The smallest absolute Gasteiger partial charge is 0.245 e. The number of amides is 1. The number of halogens is 1. The molecule has 0 atom stereocenters. The molecule has 0 fully saturated rings. The van der Waals surface area contributed by atoms with E-state index in [0.29, 0.717) is 0 Å². The molecule has 0 bridgehead atoms. The third-order valence-electron chi connectivity index (χ3n) is 2.63. The summed E-state index contributed by atoms with van der Waals surface area (Å²) in [6.45, 7) is 1.47. The van der Waals surface area contributed by atoms with Gasteiger partial charge in [-0.25, -0.2) is 8.42 Å². The third-order valence-corrected chi connectivity index (χ3v) is 5.03. The van der Waals surface area contributed by atoms with E-state index in [2.05, 4.69) is 5.32 Å². The van der Waals surface area contributed by atoms with Gasteiger partial charge in [-0.05, 0) is 18.2 Å². The number of hydrogen-bond acceptors (Lipinski definition) is 4. The van der Waals surface area contributed by atoms with Crippen molar-refractivity contribution in [3.8, 4) is 6.07 Å². The number of nitrogens with one attached hydrogen (secondary N) is 1. The van der Waals surface area contributed by atoms with Crippen LogP contribution in [0.2, 0.25) is 5.02 Å². The molecule has 20 heavy (non-hydrogen) atoms. The van der Waals surface area contributed by atoms with Gasteiger partial charge in [0.2, 0.25) is 15.9 Å². The summed E-state index contributed by atoms with van der Waals surface area (Å²) in [6.07, 6.45) is 0. The largest absolute Gasteiger partial charge is 0.358 e. The fourth-order valence-electron chi connectivity index (χ4n) is 1.52. The van der Waals surface area contributed by atoms with Crippen molar-refractivity contribution in [1.82, 2.24) is 9.62 Å². The molecular weight excluding hydrogens is 302 g/mol. The van der Waals surface area contributed by atoms with E-state index in [1.807, 2.05) is 6.07 Å². The van der Waals surface area contributed by atoms with Crippen LogP contribution in [0.4, 0.5) is 0 Å². The molecule has 1 aromatic carbocycles. The quantitative estimate of drug-likeness (QED) is 0.876. The molecule has 0 aliphatic rings. The van der Waals surface area contributed by atoms with Gasteiger partial charge >= 0.3 is 0 Å². The van der Waals surface area contributed by atoms with Crippen molar-refractivity contribution < 1.29 is 13.2 Å². The molecule has 6 nitrogen and oxygen atoms in total. The SMILES string of the molecule is CCN(CC(=O)NC)S(=O)(=O)c1ccc(C#N)cc1Cl. The minimum absolute atomic E-state index is 0.0422. The molecule has 0 radical (unpaired) electrons. The van der Waals surface area contributed by atoms with Crippen molar-refractivity contribution in [1.29, 1.82) is 5.26 Å². The molecule has 0 heterocycles. The molecule has 0 spiro atoms. The number of hydrogen-bond donors (Lipinski definition) is 1. The van der Waals surface area contributed by atoms with Gasteiger partial charge in [0.1, 0.15) is 4.90 Å². The molecule has 0 saturated carbocycles. The standard InChI is InChI=1S/C12H14ClN3O3S/c1-3-16(8-12(17)15-2)20(18,19)11-5-4-9(7-14)6-10(11)13/h4-6H,3,8H2,1-2H3,(H,15,17). The van der Waals surface area contributed by atoms with Crippen LogP contribution in [-0.2, 0) is 14.8 Å². The highest BCUT2D eigenvalue weighted by Gasteiger charge is 2.27. The Balaban J connectivity index is 3.21. The van der Waals surface area contributed by atoms with E-state index in [0.717, 1.165) is 4.31 Å². The van der Waals surface area contributed by atoms with Crippen LogP contribution in [0.3, 0.4) is 0 Å². The number of nitriles is 1. The fourth-order valence-corrected chi connectivity index (χ4v) is 3.45. The van der Waals surface area contributed by atoms with Crippen LogP contribution < -0.4 is 5.32 Å². The average Bonchev–Trinajstić information content (AvgIpc) is 2.43. The van der Waals surface area contributed by atoms with Gasteiger partial charge in [-0.2, -0.15) is 9.57 Å². The molecular formula is C12H14ClN3O3S. The second-order valence-electron chi connectivity index (χ2n) is 3.86. The van der Waals surface area contributed by atoms with Gasteiger partial charge < -0.3 is 5.32 Å². The minimum Gasteiger partial charge on any atom is -0.358 e. The lowest BCUT2D eigenvalue weighted by molar-refractivity contribution is -0.120. The van der Waals surface area contributed by atoms with Crippen molar-refractivity contribution in [2.75, 3.05) is 20.1 Å². The molecule has 0 unspecified atom stereocenters. The zero-order chi connectivity index (χ0) is 15.3. The van der Waals surface area contributed by atoms with Gasteiger partial charge in [0.15, 0.2) is 0 Å². The van der Waals surface area contributed by atoms with Crippen LogP contribution in [0.5, 0.6) is 0 Å². The predicted molar refractivity (Wildman–Crippen MR) is 74.7 cm³/mol. The Labute approximate surface area is 123 Å². The number of carbonyl (C=O) groups is 1. The Morgan fingerprint density at radius 2 is 2.15 bits per heavy atom. The highest BCUT2D eigenvalue weighted by Crippen LogP contribution is 2.25. The van der Waals surface area contributed by atoms with Crippen LogP contribution in [0.25, 0.3) is 0 Å². The lowest BCUT2D eigenvalue weighted by atomic mass is 10.2. The summed E-state index contributed by atoms with van der Waals surface area (Å²) in [7, 11) is -2.45. The number of rotatable bonds is 5. The maximum atomic E-state index is 12.4. The van der Waals surface area contributed by atoms with Gasteiger partial charge in [0.25, 0.3) is 0 Å². The monoisotopic (exact) mass is 315 g/mol. The number of carbonyl (C=O) groups excluding carboxylic acids is 1. The zero-order valence-corrected chi connectivity index (χ0v) is 12.6. The normalized spacial score (nSPS) is 11.2. The zero-order valence-electron chi connectivity index (χ0n) is 11.1. The Morgan fingerprint density at radius 3 is 2.60 bits per heavy atom. The molecule has 8 heteroatoms. The fraction of sp³-hybridized carbons (Fsp3) is 0.333. The summed E-state index contributed by atoms with van der Waals surface area (Å²) < 4.78 is 25.8. The van der Waals surface area contributed by atoms with Crippen LogP contribution in [0, 0.1) is 11.3 Å². The summed E-state index contributed by atoms with van der Waals surface area (Å²) in [5, 5.41) is 11.1. The molecule has 0 saturated heterocycles. The lowest BCUT2D eigenvalue weighted by Gasteiger charge is -2.20. The van der Waals surface area contributed by atoms with Crippen molar-refractivity contribution in [3.05, 3.63) is 28.8 Å². The van der Waals surface area contributed by atoms with Crippen LogP contribution in [0.1, 0.15) is 12.5 Å². The predicted octanol–water partition coefficient (Wildman–Crippen LogP) is 0.968. The Morgan fingerprint density at radius 1 is 1.50 bits per heavy atom. The van der Waals surface area contributed by atoms with Crippen molar-refractivity contribution in [2.24, 2.45) is 0 Å². The van der Waals surface area contributed by atoms with Gasteiger partial charge in [0, 0.05) is 13.6 Å². The minimum atomic E-state index is -3.88. The van der Waals surface area contributed by atoms with E-state index in [1.165, 1.54) is 25.2 Å². The number of likely N-dealkylation sites (N-methyl/N-ethyl adjacent to an activating group) is 2. The summed E-state index contributed by atoms with van der Waals surface area (Å²) in [6, 6.07) is 5.79. The highest BCUT2D eigenvalue weighted by atomic mass is 35.5. The molecule has 1 N–H and O–H groups in total. The molecule has 108 valence electrons. The van der Waals surface area contributed by atoms with E-state index < -0.39 is 15.9 Å². The van der Waals surface area contributed by atoms with Crippen LogP contribution in [-0.4, -0.2) is 38.8 Å². The van der Waals surface area contributed by atoms with Gasteiger partial charge in [-0.1, -0.05) is 18.5 Å². The highest BCUT2D eigenvalue weighted by molar-refractivity contribution is 7.89. The van der Waals surface area contributed by atoms with E-state index in [1.54, 1.807) is 6.92 Å². The summed E-state index contributed by atoms with van der Waals surface area (Å²) in [4.78, 5) is 11.2. The van der Waals surface area contributed by atoms with E-state index in [9.17, 15) is 13.2 Å². The molecule has 1 aromatic rings. The van der Waals surface area contributed by atoms with Gasteiger partial charge in [0.05, 0.1) is 23.2 Å². The summed E-state index contributed by atoms with van der Waals surface area (Å²) in [5.41, 5.74) is 0.267. The first-order chi connectivity index (χ1) is 9.36. The van der Waals surface area contributed by atoms with Gasteiger partial charge in [-0.3, -0.25) is 4.79 Å². The Bertz CT molecular complexity index is 652. The maximum absolute atomic E-state index is 12.4. The van der Waals surface area contributed by atoms with E-state index in [-0.39, 0.29) is 28.6 Å². The first-order valence-corrected chi connectivity index (χ1v) is 7.59. The number of benzene rings is 1. The Kier molecular flexibility index (Phi) is 5.51. The van der Waals surface area contributed by atoms with Crippen LogP contribution >= 0.6 is 11.6 Å². The number of sulfonamides is 1. The first kappa shape index (κ1) is 16.4. The molecule has 0 aliphatic heterocycles. The number of nitrogens with zero attached hydrogens (tertiary/aromatic N) is 2. The van der Waals surface area contributed by atoms with Crippen molar-refractivity contribution in [3.63, 3.8) is 0 Å². The first-order valence-electron chi connectivity index (χ1n) is 5.77. The lowest BCUT2D eigenvalue weighted by Crippen LogP contribution is -2.39. The third kappa shape index (κ3) is 3.48. The van der Waals surface area contributed by atoms with Gasteiger partial charge in [-0.15, -0.1) is 0 Å². The molecule has 0 aromatic heterocycles. The second kappa shape index (κ2) is 6.70. The molecule has 1 amide bonds. The Hall–Kier alpha value is -1.62. The van der Waals surface area contributed by atoms with E-state index in [4.69, 9.17) is 16.9 Å². The van der Waals surface area contributed by atoms with E-state index >= 15 is 0 Å². The van der Waals surface area contributed by atoms with Crippen molar-refractivity contribution in [2.45, 2.75) is 11.8 Å². The summed E-state index contributed by atoms with van der Waals surface area (Å²) in [5.74, 6) is -0.416. The second-order valence-corrected chi connectivity index (χ2v) is 6.17. The molecule has 1 rings (SSSR count). The molecule has 0 aliphatic carbocycles. The van der Waals surface area contributed by atoms with Crippen LogP contribution in [0.15, 0.2) is 23.1 Å².